The maximum atomic E-state index is 12.0. The van der Waals surface area contributed by atoms with Crippen molar-refractivity contribution in [1.29, 1.82) is 0 Å². The zero-order valence-corrected chi connectivity index (χ0v) is 12.4. The molecular formula is C14H27N3O2. The second-order valence-electron chi connectivity index (χ2n) is 5.70. The van der Waals surface area contributed by atoms with Crippen LogP contribution in [0.25, 0.3) is 0 Å². The van der Waals surface area contributed by atoms with Gasteiger partial charge in [0.05, 0.1) is 6.54 Å². The Morgan fingerprint density at radius 1 is 1.32 bits per heavy atom. The number of hydrogen-bond donors (Lipinski definition) is 2. The van der Waals surface area contributed by atoms with Crippen LogP contribution in [-0.2, 0) is 9.59 Å². The molecule has 19 heavy (non-hydrogen) atoms. The predicted molar refractivity (Wildman–Crippen MR) is 75.7 cm³/mol. The Labute approximate surface area is 116 Å². The molecule has 110 valence electrons. The third-order valence-corrected chi connectivity index (χ3v) is 3.64. The smallest absolute Gasteiger partial charge is 0.241 e. The Bertz CT molecular complexity index is 299. The zero-order chi connectivity index (χ0) is 14.3. The molecule has 1 heterocycles. The second-order valence-corrected chi connectivity index (χ2v) is 5.70. The first kappa shape index (κ1) is 16.0. The maximum Gasteiger partial charge on any atom is 0.241 e. The number of likely N-dealkylation sites (N-methyl/N-ethyl adjacent to an activating group) is 1. The highest BCUT2D eigenvalue weighted by molar-refractivity contribution is 5.84. The minimum Gasteiger partial charge on any atom is -0.347 e. The van der Waals surface area contributed by atoms with Gasteiger partial charge in [0.1, 0.15) is 0 Å². The van der Waals surface area contributed by atoms with Crippen molar-refractivity contribution in [2.24, 2.45) is 5.92 Å². The molecule has 1 rings (SSSR count). The minimum absolute atomic E-state index is 0.00444. The SMILES string of the molecule is CC(C)CCC(=O)NCC(=O)N(C)C1CCNCC1. The number of rotatable bonds is 6. The molecule has 0 aliphatic carbocycles. The lowest BCUT2D eigenvalue weighted by molar-refractivity contribution is -0.133. The Morgan fingerprint density at radius 3 is 2.53 bits per heavy atom. The van der Waals surface area contributed by atoms with Crippen LogP contribution in [0.3, 0.4) is 0 Å². The first-order valence-electron chi connectivity index (χ1n) is 7.23. The van der Waals surface area contributed by atoms with E-state index in [9.17, 15) is 9.59 Å². The third-order valence-electron chi connectivity index (χ3n) is 3.64. The molecule has 5 heteroatoms. The number of hydrogen-bond acceptors (Lipinski definition) is 3. The van der Waals surface area contributed by atoms with Gasteiger partial charge in [-0.25, -0.2) is 0 Å². The highest BCUT2D eigenvalue weighted by atomic mass is 16.2. The molecule has 0 aromatic heterocycles. The number of amides is 2. The van der Waals surface area contributed by atoms with Gasteiger partial charge in [0.25, 0.3) is 0 Å². The summed E-state index contributed by atoms with van der Waals surface area (Å²) in [6.07, 6.45) is 3.35. The van der Waals surface area contributed by atoms with Crippen molar-refractivity contribution < 1.29 is 9.59 Å². The van der Waals surface area contributed by atoms with E-state index in [0.717, 1.165) is 32.4 Å². The number of carbonyl (C=O) groups is 2. The van der Waals surface area contributed by atoms with Crippen molar-refractivity contribution in [3.63, 3.8) is 0 Å². The molecule has 0 atom stereocenters. The number of carbonyl (C=O) groups excluding carboxylic acids is 2. The Kier molecular flexibility index (Phi) is 6.84. The summed E-state index contributed by atoms with van der Waals surface area (Å²) in [5.74, 6) is 0.490. The van der Waals surface area contributed by atoms with Gasteiger partial charge in [0.2, 0.25) is 11.8 Å². The van der Waals surface area contributed by atoms with Crippen LogP contribution >= 0.6 is 0 Å². The van der Waals surface area contributed by atoms with Crippen molar-refractivity contribution in [2.45, 2.75) is 45.6 Å². The maximum absolute atomic E-state index is 12.0. The summed E-state index contributed by atoms with van der Waals surface area (Å²) < 4.78 is 0. The van der Waals surface area contributed by atoms with Gasteiger partial charge in [-0.3, -0.25) is 9.59 Å². The largest absolute Gasteiger partial charge is 0.347 e. The quantitative estimate of drug-likeness (QED) is 0.748. The molecule has 0 aromatic carbocycles. The van der Waals surface area contributed by atoms with Crippen LogP contribution in [0, 0.1) is 5.92 Å². The molecule has 1 aliphatic heterocycles. The molecule has 0 spiro atoms. The monoisotopic (exact) mass is 269 g/mol. The highest BCUT2D eigenvalue weighted by Crippen LogP contribution is 2.09. The number of piperidine rings is 1. The lowest BCUT2D eigenvalue weighted by Gasteiger charge is -2.31. The topological polar surface area (TPSA) is 61.4 Å². The van der Waals surface area contributed by atoms with Gasteiger partial charge in [-0.05, 0) is 38.3 Å². The highest BCUT2D eigenvalue weighted by Gasteiger charge is 2.21. The average Bonchev–Trinajstić information content (AvgIpc) is 2.42. The summed E-state index contributed by atoms with van der Waals surface area (Å²) >= 11 is 0. The molecule has 5 nitrogen and oxygen atoms in total. The van der Waals surface area contributed by atoms with Crippen molar-refractivity contribution in [2.75, 3.05) is 26.7 Å². The Balaban J connectivity index is 2.24. The summed E-state index contributed by atoms with van der Waals surface area (Å²) in [5.41, 5.74) is 0. The molecule has 1 saturated heterocycles. The minimum atomic E-state index is -0.0271. The van der Waals surface area contributed by atoms with Gasteiger partial charge in [-0.2, -0.15) is 0 Å². The summed E-state index contributed by atoms with van der Waals surface area (Å²) in [6, 6.07) is 0.307. The molecule has 0 saturated carbocycles. The van der Waals surface area contributed by atoms with Crippen LogP contribution in [0.2, 0.25) is 0 Å². The first-order valence-corrected chi connectivity index (χ1v) is 7.23. The van der Waals surface area contributed by atoms with Gasteiger partial charge in [-0.1, -0.05) is 13.8 Å². The van der Waals surface area contributed by atoms with E-state index in [1.165, 1.54) is 0 Å². The van der Waals surface area contributed by atoms with Crippen LogP contribution in [0.4, 0.5) is 0 Å². The van der Waals surface area contributed by atoms with Crippen molar-refractivity contribution in [3.8, 4) is 0 Å². The fraction of sp³-hybridized carbons (Fsp3) is 0.857. The van der Waals surface area contributed by atoms with Crippen molar-refractivity contribution in [3.05, 3.63) is 0 Å². The molecule has 0 unspecified atom stereocenters. The molecular weight excluding hydrogens is 242 g/mol. The van der Waals surface area contributed by atoms with E-state index in [-0.39, 0.29) is 18.4 Å². The molecule has 0 bridgehead atoms. The summed E-state index contributed by atoms with van der Waals surface area (Å²) in [6.45, 7) is 6.22. The van der Waals surface area contributed by atoms with Crippen molar-refractivity contribution in [1.82, 2.24) is 15.5 Å². The van der Waals surface area contributed by atoms with E-state index in [0.29, 0.717) is 18.4 Å². The standard InChI is InChI=1S/C14H27N3O2/c1-11(2)4-5-13(18)16-10-14(19)17(3)12-6-8-15-9-7-12/h11-12,15H,4-10H2,1-3H3,(H,16,18). The molecule has 1 fully saturated rings. The zero-order valence-electron chi connectivity index (χ0n) is 12.4. The Morgan fingerprint density at radius 2 is 1.95 bits per heavy atom. The van der Waals surface area contributed by atoms with Gasteiger partial charge in [0.15, 0.2) is 0 Å². The molecule has 1 aliphatic rings. The third kappa shape index (κ3) is 6.05. The van der Waals surface area contributed by atoms with Crippen molar-refractivity contribution >= 4 is 11.8 Å². The normalized spacial score (nSPS) is 16.4. The van der Waals surface area contributed by atoms with Crippen LogP contribution in [0.15, 0.2) is 0 Å². The van der Waals surface area contributed by atoms with E-state index >= 15 is 0 Å². The van der Waals surface area contributed by atoms with Gasteiger partial charge in [0, 0.05) is 19.5 Å². The predicted octanol–water partition coefficient (Wildman–Crippen LogP) is 0.749. The number of nitrogens with one attached hydrogen (secondary N) is 2. The van der Waals surface area contributed by atoms with Gasteiger partial charge in [-0.15, -0.1) is 0 Å². The van der Waals surface area contributed by atoms with E-state index in [4.69, 9.17) is 0 Å². The van der Waals surface area contributed by atoms with Crippen LogP contribution in [-0.4, -0.2) is 49.4 Å². The fourth-order valence-electron chi connectivity index (χ4n) is 2.20. The van der Waals surface area contributed by atoms with E-state index in [2.05, 4.69) is 24.5 Å². The molecule has 0 radical (unpaired) electrons. The first-order chi connectivity index (χ1) is 9.00. The average molecular weight is 269 g/mol. The van der Waals surface area contributed by atoms with E-state index in [1.807, 2.05) is 7.05 Å². The van der Waals surface area contributed by atoms with E-state index < -0.39 is 0 Å². The molecule has 0 aromatic rings. The Hall–Kier alpha value is -1.10. The van der Waals surface area contributed by atoms with Crippen LogP contribution < -0.4 is 10.6 Å². The fourth-order valence-corrected chi connectivity index (χ4v) is 2.20. The lowest BCUT2D eigenvalue weighted by Crippen LogP contribution is -2.47. The molecule has 2 amide bonds. The number of nitrogens with zero attached hydrogens (tertiary/aromatic N) is 1. The summed E-state index contributed by atoms with van der Waals surface area (Å²) in [5, 5.41) is 5.99. The van der Waals surface area contributed by atoms with Crippen LogP contribution in [0.5, 0.6) is 0 Å². The van der Waals surface area contributed by atoms with Gasteiger partial charge < -0.3 is 15.5 Å². The van der Waals surface area contributed by atoms with Gasteiger partial charge >= 0.3 is 0 Å². The second kappa shape index (κ2) is 8.15. The summed E-state index contributed by atoms with van der Waals surface area (Å²) in [7, 11) is 1.83. The lowest BCUT2D eigenvalue weighted by atomic mass is 10.1. The molecule has 2 N–H and O–H groups in total. The summed E-state index contributed by atoms with van der Waals surface area (Å²) in [4.78, 5) is 25.3. The van der Waals surface area contributed by atoms with Crippen LogP contribution in [0.1, 0.15) is 39.5 Å². The van der Waals surface area contributed by atoms with E-state index in [1.54, 1.807) is 4.90 Å².